The number of cyclic esters (lactones) is 1. The first kappa shape index (κ1) is 26.3. The molecule has 0 bridgehead atoms. The van der Waals surface area contributed by atoms with E-state index >= 15 is 0 Å². The third kappa shape index (κ3) is 5.50. The highest BCUT2D eigenvalue weighted by molar-refractivity contribution is 6.77. The van der Waals surface area contributed by atoms with Crippen molar-refractivity contribution < 1.29 is 23.9 Å². The number of ether oxygens (including phenoxy) is 1. The molecule has 0 radical (unpaired) electrons. The molecule has 0 aliphatic carbocycles. The van der Waals surface area contributed by atoms with Crippen molar-refractivity contribution in [3.63, 3.8) is 0 Å². The summed E-state index contributed by atoms with van der Waals surface area (Å²) in [6, 6.07) is 9.24. The Morgan fingerprint density at radius 1 is 1.19 bits per heavy atom. The molecule has 1 aliphatic rings. The van der Waals surface area contributed by atoms with Gasteiger partial charge in [-0.15, -0.1) is 6.58 Å². The lowest BCUT2D eigenvalue weighted by molar-refractivity contribution is -0.135. The lowest BCUT2D eigenvalue weighted by atomic mass is 9.99. The second kappa shape index (κ2) is 11.3. The predicted molar refractivity (Wildman–Crippen MR) is 129 cm³/mol. The number of benzene rings is 1. The van der Waals surface area contributed by atoms with E-state index in [4.69, 9.17) is 9.16 Å². The molecule has 0 saturated carbocycles. The molecule has 1 N–H and O–H groups in total. The van der Waals surface area contributed by atoms with E-state index in [1.165, 1.54) is 6.08 Å². The van der Waals surface area contributed by atoms with Crippen molar-refractivity contribution in [1.29, 1.82) is 0 Å². The minimum Gasteiger partial charge on any atom is -0.447 e. The van der Waals surface area contributed by atoms with Crippen LogP contribution >= 0.6 is 0 Å². The van der Waals surface area contributed by atoms with Crippen molar-refractivity contribution >= 4 is 20.3 Å². The normalized spacial score (nSPS) is 18.9. The average molecular weight is 462 g/mol. The molecule has 178 valence electrons. The maximum Gasteiger partial charge on any atom is 0.417 e. The van der Waals surface area contributed by atoms with Crippen molar-refractivity contribution in [2.45, 2.75) is 76.7 Å². The van der Waals surface area contributed by atoms with Crippen LogP contribution in [0.1, 0.15) is 47.1 Å². The van der Waals surface area contributed by atoms with Crippen LogP contribution < -0.4 is 0 Å². The molecule has 1 aliphatic heterocycles. The van der Waals surface area contributed by atoms with Gasteiger partial charge in [-0.25, -0.2) is 9.69 Å². The maximum absolute atomic E-state index is 13.3. The lowest BCUT2D eigenvalue weighted by Gasteiger charge is -2.43. The van der Waals surface area contributed by atoms with Gasteiger partial charge in [0, 0.05) is 0 Å². The van der Waals surface area contributed by atoms with E-state index < -0.39 is 38.4 Å². The second-order valence-corrected chi connectivity index (χ2v) is 15.0. The molecule has 0 aromatic heterocycles. The molecule has 1 fully saturated rings. The predicted octanol–water partition coefficient (Wildman–Crippen LogP) is 4.93. The largest absolute Gasteiger partial charge is 0.447 e. The minimum absolute atomic E-state index is 0.0371. The number of aliphatic hydroxyl groups is 1. The zero-order valence-electron chi connectivity index (χ0n) is 20.3. The van der Waals surface area contributed by atoms with Crippen LogP contribution in [0.4, 0.5) is 4.79 Å². The van der Waals surface area contributed by atoms with Gasteiger partial charge >= 0.3 is 6.09 Å². The summed E-state index contributed by atoms with van der Waals surface area (Å²) in [5.74, 6) is -1.44. The van der Waals surface area contributed by atoms with Crippen molar-refractivity contribution in [2.24, 2.45) is 5.92 Å². The van der Waals surface area contributed by atoms with Gasteiger partial charge < -0.3 is 14.3 Å². The van der Waals surface area contributed by atoms with Crippen LogP contribution in [0.5, 0.6) is 0 Å². The van der Waals surface area contributed by atoms with Gasteiger partial charge in [0.25, 0.3) is 0 Å². The van der Waals surface area contributed by atoms with E-state index in [2.05, 4.69) is 48.1 Å². The Balaban J connectivity index is 2.16. The van der Waals surface area contributed by atoms with Crippen LogP contribution in [0.15, 0.2) is 43.0 Å². The Kier molecular flexibility index (Phi) is 9.25. The van der Waals surface area contributed by atoms with Gasteiger partial charge in [0.2, 0.25) is 5.91 Å². The fourth-order valence-corrected chi connectivity index (χ4v) is 10.6. The van der Waals surface area contributed by atoms with E-state index in [0.717, 1.165) is 10.5 Å². The number of amides is 2. The van der Waals surface area contributed by atoms with Crippen molar-refractivity contribution in [2.75, 3.05) is 13.2 Å². The van der Waals surface area contributed by atoms with Crippen LogP contribution in [0.3, 0.4) is 0 Å². The van der Waals surface area contributed by atoms with Crippen molar-refractivity contribution in [3.05, 3.63) is 48.6 Å². The zero-order valence-corrected chi connectivity index (χ0v) is 21.3. The molecular formula is C25H39NO5Si. The Bertz CT molecular complexity index is 758. The smallest absolute Gasteiger partial charge is 0.417 e. The van der Waals surface area contributed by atoms with Gasteiger partial charge in [-0.3, -0.25) is 4.79 Å². The first-order valence-electron chi connectivity index (χ1n) is 11.5. The van der Waals surface area contributed by atoms with Crippen molar-refractivity contribution in [1.82, 2.24) is 4.90 Å². The Morgan fingerprint density at radius 2 is 1.75 bits per heavy atom. The van der Waals surface area contributed by atoms with Gasteiger partial charge in [0.05, 0.1) is 24.7 Å². The minimum atomic E-state index is -2.20. The van der Waals surface area contributed by atoms with Crippen LogP contribution in [-0.4, -0.2) is 55.7 Å². The maximum atomic E-state index is 13.3. The summed E-state index contributed by atoms with van der Waals surface area (Å²) in [5, 5.41) is 10.9. The molecule has 0 unspecified atom stereocenters. The summed E-state index contributed by atoms with van der Waals surface area (Å²) in [6.45, 7) is 16.9. The van der Waals surface area contributed by atoms with E-state index in [1.54, 1.807) is 0 Å². The fraction of sp³-hybridized carbons (Fsp3) is 0.600. The summed E-state index contributed by atoms with van der Waals surface area (Å²) in [4.78, 5) is 26.8. The third-order valence-electron chi connectivity index (χ3n) is 6.68. The van der Waals surface area contributed by atoms with Gasteiger partial charge in [-0.05, 0) is 28.6 Å². The first-order chi connectivity index (χ1) is 15.1. The number of aliphatic hydroxyl groups excluding tert-OH is 1. The number of hydrogen-bond acceptors (Lipinski definition) is 5. The summed E-state index contributed by atoms with van der Waals surface area (Å²) < 4.78 is 11.7. The van der Waals surface area contributed by atoms with Crippen LogP contribution in [-0.2, 0) is 20.4 Å². The third-order valence-corrected chi connectivity index (χ3v) is 12.8. The highest BCUT2D eigenvalue weighted by atomic mass is 28.4. The lowest BCUT2D eigenvalue weighted by Crippen LogP contribution is -2.51. The first-order valence-corrected chi connectivity index (χ1v) is 13.7. The molecule has 0 spiro atoms. The highest BCUT2D eigenvalue weighted by Crippen LogP contribution is 2.42. The van der Waals surface area contributed by atoms with Gasteiger partial charge in [-0.2, -0.15) is 0 Å². The number of imide groups is 1. The highest BCUT2D eigenvalue weighted by Gasteiger charge is 2.47. The molecule has 3 atom stereocenters. The molecule has 1 saturated heterocycles. The van der Waals surface area contributed by atoms with Crippen LogP contribution in [0.2, 0.25) is 16.6 Å². The van der Waals surface area contributed by atoms with E-state index in [9.17, 15) is 14.7 Å². The Morgan fingerprint density at radius 3 is 2.25 bits per heavy atom. The Labute approximate surface area is 193 Å². The molecule has 1 aromatic rings. The van der Waals surface area contributed by atoms with E-state index in [1.807, 2.05) is 30.3 Å². The van der Waals surface area contributed by atoms with E-state index in [-0.39, 0.29) is 13.2 Å². The molecule has 32 heavy (non-hydrogen) atoms. The van der Waals surface area contributed by atoms with Crippen LogP contribution in [0, 0.1) is 5.92 Å². The second-order valence-electron chi connectivity index (χ2n) is 9.59. The van der Waals surface area contributed by atoms with Gasteiger partial charge in [0.1, 0.15) is 6.61 Å². The molecular weight excluding hydrogens is 422 g/mol. The SMILES string of the molecule is C=C[C@@H](C(=O)N1C(=O)OC[C@H]1Cc1ccccc1)[C@@H](O)CO[Si](C(C)C)(C(C)C)C(C)C. The number of carbonyl (C=O) groups excluding carboxylic acids is 2. The van der Waals surface area contributed by atoms with Crippen molar-refractivity contribution in [3.8, 4) is 0 Å². The molecule has 1 aromatic carbocycles. The zero-order chi connectivity index (χ0) is 24.1. The standard InChI is InChI=1S/C25H39NO5Si/c1-8-22(23(27)16-31-32(17(2)3,18(4)5)19(6)7)24(28)26-21(15-30-25(26)29)14-20-12-10-9-11-13-20/h8-13,17-19,21-23,27H,1,14-16H2,2-7H3/t21-,22-,23+/m1/s1. The van der Waals surface area contributed by atoms with Gasteiger partial charge in [-0.1, -0.05) is 78.0 Å². The monoisotopic (exact) mass is 461 g/mol. The summed E-state index contributed by atoms with van der Waals surface area (Å²) >= 11 is 0. The number of rotatable bonds is 11. The van der Waals surface area contributed by atoms with Crippen LogP contribution in [0.25, 0.3) is 0 Å². The number of nitrogens with zero attached hydrogens (tertiary/aromatic N) is 1. The quantitative estimate of drug-likeness (QED) is 0.373. The Hall–Kier alpha value is -1.96. The van der Waals surface area contributed by atoms with E-state index in [0.29, 0.717) is 23.0 Å². The summed E-state index contributed by atoms with van der Waals surface area (Å²) in [5.41, 5.74) is 2.08. The fourth-order valence-electron chi connectivity index (χ4n) is 5.18. The summed E-state index contributed by atoms with van der Waals surface area (Å²) in [7, 11) is -2.20. The summed E-state index contributed by atoms with van der Waals surface area (Å²) in [6.07, 6.45) is 0.143. The molecule has 1 heterocycles. The number of hydrogen-bond donors (Lipinski definition) is 1. The van der Waals surface area contributed by atoms with Gasteiger partial charge in [0.15, 0.2) is 8.32 Å². The molecule has 2 amide bonds. The average Bonchev–Trinajstić information content (AvgIpc) is 3.08. The molecule has 7 heteroatoms. The number of carbonyl (C=O) groups is 2. The molecule has 6 nitrogen and oxygen atoms in total. The molecule has 2 rings (SSSR count). The topological polar surface area (TPSA) is 76.1 Å².